The van der Waals surface area contributed by atoms with Gasteiger partial charge >= 0.3 is 0 Å². The predicted octanol–water partition coefficient (Wildman–Crippen LogP) is 5.06. The zero-order chi connectivity index (χ0) is 20.0. The third kappa shape index (κ3) is 4.62. The van der Waals surface area contributed by atoms with E-state index in [0.717, 1.165) is 18.4 Å². The Balaban J connectivity index is 2.01. The maximum absolute atomic E-state index is 10.7. The first-order valence-corrected chi connectivity index (χ1v) is 12.8. The molecule has 0 spiro atoms. The van der Waals surface area contributed by atoms with Gasteiger partial charge in [-0.15, -0.1) is 0 Å². The van der Waals surface area contributed by atoms with Gasteiger partial charge < -0.3 is 14.3 Å². The van der Waals surface area contributed by atoms with Crippen LogP contribution in [0.15, 0.2) is 11.1 Å². The van der Waals surface area contributed by atoms with Crippen LogP contribution >= 0.6 is 0 Å². The normalized spacial score (nSPS) is 29.8. The van der Waals surface area contributed by atoms with Crippen molar-refractivity contribution in [3.63, 3.8) is 0 Å². The summed E-state index contributed by atoms with van der Waals surface area (Å²) in [4.78, 5) is 0. The molecule has 148 valence electrons. The van der Waals surface area contributed by atoms with E-state index >= 15 is 0 Å². The van der Waals surface area contributed by atoms with E-state index in [1.54, 1.807) is 0 Å². The Labute approximate surface area is 161 Å². The Kier molecular flexibility index (Phi) is 5.92. The molecule has 3 nitrogen and oxygen atoms in total. The molecule has 1 fully saturated rings. The summed E-state index contributed by atoms with van der Waals surface area (Å²) in [5.41, 5.74) is 1.93. The molecule has 1 N–H and O–H groups in total. The lowest BCUT2D eigenvalue weighted by atomic mass is 9.71. The molecule has 0 radical (unpaired) electrons. The van der Waals surface area contributed by atoms with Gasteiger partial charge in [-0.1, -0.05) is 52.0 Å². The van der Waals surface area contributed by atoms with Gasteiger partial charge in [0.15, 0.2) is 13.9 Å². The van der Waals surface area contributed by atoms with Crippen molar-refractivity contribution in [1.29, 1.82) is 0 Å². The molecular weight excluding hydrogens is 340 g/mol. The fourth-order valence-corrected chi connectivity index (χ4v) is 4.60. The summed E-state index contributed by atoms with van der Waals surface area (Å²) in [6.07, 6.45) is 2.67. The van der Waals surface area contributed by atoms with Crippen molar-refractivity contribution < 1.29 is 14.3 Å². The van der Waals surface area contributed by atoms with Gasteiger partial charge in [0.1, 0.15) is 12.2 Å². The molecule has 2 rings (SSSR count). The summed E-state index contributed by atoms with van der Waals surface area (Å²) < 4.78 is 12.1. The Bertz CT molecular complexity index is 630. The van der Waals surface area contributed by atoms with Gasteiger partial charge in [0.25, 0.3) is 0 Å². The Hall–Kier alpha value is -0.603. The lowest BCUT2D eigenvalue weighted by Crippen LogP contribution is -2.42. The standard InChI is InChI=1S/C22H38O3Si/c1-16-11-10-13-21(5,6)19(16)17(23)12-14-22(7)18(25-22)15-24-26(8,9)20(2,3)4/h17-18,23H,10-11,13,15H2,1-9H3/t17?,18-,22+/m0/s1. The van der Waals surface area contributed by atoms with Gasteiger partial charge in [-0.25, -0.2) is 0 Å². The summed E-state index contributed by atoms with van der Waals surface area (Å²) in [6.45, 7) is 20.4. The lowest BCUT2D eigenvalue weighted by Gasteiger charge is -2.36. The van der Waals surface area contributed by atoms with E-state index in [4.69, 9.17) is 9.16 Å². The van der Waals surface area contributed by atoms with Crippen LogP contribution in [0.2, 0.25) is 18.1 Å². The third-order valence-electron chi connectivity index (χ3n) is 6.62. The molecule has 1 heterocycles. The summed E-state index contributed by atoms with van der Waals surface area (Å²) in [7, 11) is -1.77. The van der Waals surface area contributed by atoms with Gasteiger partial charge in [0, 0.05) is 0 Å². The molecule has 0 bridgehead atoms. The highest BCUT2D eigenvalue weighted by molar-refractivity contribution is 6.74. The van der Waals surface area contributed by atoms with Crippen molar-refractivity contribution in [3.8, 4) is 11.8 Å². The maximum atomic E-state index is 10.7. The molecule has 1 aliphatic heterocycles. The molecule has 0 aromatic heterocycles. The highest BCUT2D eigenvalue weighted by Crippen LogP contribution is 2.43. The topological polar surface area (TPSA) is 42.0 Å². The van der Waals surface area contributed by atoms with E-state index in [0.29, 0.717) is 6.61 Å². The van der Waals surface area contributed by atoms with Gasteiger partial charge in [-0.3, -0.25) is 0 Å². The van der Waals surface area contributed by atoms with Crippen LogP contribution in [0.3, 0.4) is 0 Å². The molecule has 0 saturated carbocycles. The minimum atomic E-state index is -1.77. The van der Waals surface area contributed by atoms with E-state index in [1.165, 1.54) is 12.0 Å². The molecule has 0 amide bonds. The van der Waals surface area contributed by atoms with Gasteiger partial charge in [0.2, 0.25) is 0 Å². The van der Waals surface area contributed by atoms with Crippen molar-refractivity contribution >= 4 is 8.32 Å². The molecule has 3 atom stereocenters. The van der Waals surface area contributed by atoms with Crippen molar-refractivity contribution in [3.05, 3.63) is 11.1 Å². The van der Waals surface area contributed by atoms with Crippen molar-refractivity contribution in [2.75, 3.05) is 6.61 Å². The molecule has 2 aliphatic rings. The van der Waals surface area contributed by atoms with Crippen LogP contribution in [0.4, 0.5) is 0 Å². The number of aliphatic hydroxyl groups is 1. The summed E-state index contributed by atoms with van der Waals surface area (Å²) in [6, 6.07) is 0. The number of hydrogen-bond acceptors (Lipinski definition) is 3. The van der Waals surface area contributed by atoms with Gasteiger partial charge in [-0.05, 0) is 62.2 Å². The molecule has 0 aromatic carbocycles. The summed E-state index contributed by atoms with van der Waals surface area (Å²) >= 11 is 0. The van der Waals surface area contributed by atoms with Crippen molar-refractivity contribution in [1.82, 2.24) is 0 Å². The minimum Gasteiger partial charge on any atom is -0.414 e. The van der Waals surface area contributed by atoms with E-state index in [9.17, 15) is 5.11 Å². The second-order valence-corrected chi connectivity index (χ2v) is 15.2. The zero-order valence-electron chi connectivity index (χ0n) is 18.2. The summed E-state index contributed by atoms with van der Waals surface area (Å²) in [5, 5.41) is 10.9. The van der Waals surface area contributed by atoms with Crippen LogP contribution in [-0.2, 0) is 9.16 Å². The van der Waals surface area contributed by atoms with Crippen LogP contribution < -0.4 is 0 Å². The number of aliphatic hydroxyl groups excluding tert-OH is 1. The maximum Gasteiger partial charge on any atom is 0.192 e. The first-order chi connectivity index (χ1) is 11.7. The first-order valence-electron chi connectivity index (χ1n) is 9.92. The number of allylic oxidation sites excluding steroid dienone is 1. The zero-order valence-corrected chi connectivity index (χ0v) is 19.2. The van der Waals surface area contributed by atoms with E-state index < -0.39 is 20.0 Å². The van der Waals surface area contributed by atoms with Crippen LogP contribution in [-0.4, -0.2) is 37.8 Å². The first kappa shape index (κ1) is 21.7. The molecule has 4 heteroatoms. The largest absolute Gasteiger partial charge is 0.414 e. The highest BCUT2D eigenvalue weighted by atomic mass is 28.4. The second kappa shape index (κ2) is 7.09. The van der Waals surface area contributed by atoms with Crippen LogP contribution in [0.25, 0.3) is 0 Å². The lowest BCUT2D eigenvalue weighted by molar-refractivity contribution is 0.214. The monoisotopic (exact) mass is 378 g/mol. The van der Waals surface area contributed by atoms with E-state index in [2.05, 4.69) is 66.5 Å². The van der Waals surface area contributed by atoms with Gasteiger partial charge in [0.05, 0.1) is 6.61 Å². The Morgan fingerprint density at radius 2 is 1.92 bits per heavy atom. The number of hydrogen-bond donors (Lipinski definition) is 1. The number of rotatable bonds is 4. The average Bonchev–Trinajstić information content (AvgIpc) is 3.12. The van der Waals surface area contributed by atoms with Crippen molar-refractivity contribution in [2.45, 2.75) is 104 Å². The van der Waals surface area contributed by atoms with Gasteiger partial charge in [-0.2, -0.15) is 0 Å². The minimum absolute atomic E-state index is 0.00534. The fourth-order valence-electron chi connectivity index (χ4n) is 3.59. The van der Waals surface area contributed by atoms with E-state index in [-0.39, 0.29) is 16.6 Å². The molecule has 1 unspecified atom stereocenters. The van der Waals surface area contributed by atoms with Crippen LogP contribution in [0.1, 0.15) is 67.7 Å². The quantitative estimate of drug-likeness (QED) is 0.322. The molecule has 1 saturated heterocycles. The molecule has 0 aromatic rings. The highest BCUT2D eigenvalue weighted by Gasteiger charge is 2.53. The SMILES string of the molecule is CC1=C(C(O)C#C[C@@]2(C)O[C@H]2CO[Si](C)(C)C(C)(C)C)C(C)(C)CCC1. The number of ether oxygens (including phenoxy) is 1. The van der Waals surface area contributed by atoms with Crippen LogP contribution in [0.5, 0.6) is 0 Å². The number of epoxide rings is 1. The summed E-state index contributed by atoms with van der Waals surface area (Å²) in [5.74, 6) is 6.27. The Morgan fingerprint density at radius 3 is 2.46 bits per heavy atom. The predicted molar refractivity (Wildman–Crippen MR) is 111 cm³/mol. The Morgan fingerprint density at radius 1 is 1.31 bits per heavy atom. The molecule has 26 heavy (non-hydrogen) atoms. The fraction of sp³-hybridized carbons (Fsp3) is 0.818. The average molecular weight is 379 g/mol. The molecular formula is C22H38O3Si. The smallest absolute Gasteiger partial charge is 0.192 e. The third-order valence-corrected chi connectivity index (χ3v) is 11.1. The molecule has 1 aliphatic carbocycles. The van der Waals surface area contributed by atoms with Crippen molar-refractivity contribution in [2.24, 2.45) is 5.41 Å². The second-order valence-electron chi connectivity index (χ2n) is 10.4. The van der Waals surface area contributed by atoms with E-state index in [1.807, 2.05) is 6.92 Å². The van der Waals surface area contributed by atoms with Crippen LogP contribution in [0, 0.1) is 17.3 Å².